The number of nitrogens with one attached hydrogen (secondary N) is 1. The van der Waals surface area contributed by atoms with Crippen molar-refractivity contribution in [2.75, 3.05) is 25.6 Å². The molecule has 0 fully saturated rings. The van der Waals surface area contributed by atoms with Gasteiger partial charge >= 0.3 is 0 Å². The smallest absolute Gasteiger partial charge is 0.254 e. The summed E-state index contributed by atoms with van der Waals surface area (Å²) in [6, 6.07) is 18.6. The molecule has 35 heavy (non-hydrogen) atoms. The fourth-order valence-electron chi connectivity index (χ4n) is 4.50. The van der Waals surface area contributed by atoms with E-state index in [0.29, 0.717) is 30.9 Å². The van der Waals surface area contributed by atoms with Crippen molar-refractivity contribution in [2.45, 2.75) is 18.5 Å². The number of amides is 2. The standard InChI is InChI=1S/C26H25N5O3S/c1-34-13-12-31-24(22-7-4-14-35-22)23(20-5-2-3-6-21(20)26(31)33)25(32)29-19-10-8-18(9-11-19)15-30-17-27-16-28-30/h2-11,14,16-17,23-24H,12-13,15H2,1H3,(H,29,32). The van der Waals surface area contributed by atoms with E-state index in [9.17, 15) is 9.59 Å². The first-order valence-electron chi connectivity index (χ1n) is 11.3. The number of aromatic nitrogens is 3. The van der Waals surface area contributed by atoms with Crippen molar-refractivity contribution in [2.24, 2.45) is 0 Å². The highest BCUT2D eigenvalue weighted by molar-refractivity contribution is 7.10. The molecule has 8 nitrogen and oxygen atoms in total. The van der Waals surface area contributed by atoms with Crippen molar-refractivity contribution in [3.8, 4) is 0 Å². The topological polar surface area (TPSA) is 89.4 Å². The third-order valence-electron chi connectivity index (χ3n) is 6.12. The molecule has 2 aromatic carbocycles. The molecule has 9 heteroatoms. The predicted molar refractivity (Wildman–Crippen MR) is 133 cm³/mol. The molecule has 0 spiro atoms. The van der Waals surface area contributed by atoms with E-state index in [0.717, 1.165) is 16.0 Å². The van der Waals surface area contributed by atoms with Crippen LogP contribution in [-0.4, -0.2) is 51.7 Å². The molecule has 2 atom stereocenters. The number of benzene rings is 2. The van der Waals surface area contributed by atoms with Crippen LogP contribution in [0.4, 0.5) is 5.69 Å². The SMILES string of the molecule is COCCN1C(=O)c2ccccc2C(C(=O)Nc2ccc(Cn3cncn3)cc2)C1c1cccs1. The second kappa shape index (κ2) is 10.2. The average Bonchev–Trinajstić information content (AvgIpc) is 3.59. The zero-order valence-electron chi connectivity index (χ0n) is 19.2. The maximum Gasteiger partial charge on any atom is 0.254 e. The zero-order chi connectivity index (χ0) is 24.2. The van der Waals surface area contributed by atoms with E-state index >= 15 is 0 Å². The number of carbonyl (C=O) groups is 2. The van der Waals surface area contributed by atoms with Crippen molar-refractivity contribution in [1.29, 1.82) is 0 Å². The van der Waals surface area contributed by atoms with Gasteiger partial charge in [-0.15, -0.1) is 11.3 Å². The number of thiophene rings is 1. The molecule has 1 aliphatic heterocycles. The van der Waals surface area contributed by atoms with Crippen LogP contribution in [0.3, 0.4) is 0 Å². The molecule has 0 aliphatic carbocycles. The Kier molecular flexibility index (Phi) is 6.69. The van der Waals surface area contributed by atoms with Crippen LogP contribution in [-0.2, 0) is 16.1 Å². The van der Waals surface area contributed by atoms with Gasteiger partial charge in [0.05, 0.1) is 25.1 Å². The number of ether oxygens (including phenoxy) is 1. The Bertz CT molecular complexity index is 1290. The van der Waals surface area contributed by atoms with Crippen LogP contribution < -0.4 is 5.32 Å². The highest BCUT2D eigenvalue weighted by Gasteiger charge is 2.44. The summed E-state index contributed by atoms with van der Waals surface area (Å²) >= 11 is 1.55. The molecule has 1 N–H and O–H groups in total. The summed E-state index contributed by atoms with van der Waals surface area (Å²) in [4.78, 5) is 34.0. The lowest BCUT2D eigenvalue weighted by Gasteiger charge is -2.41. The summed E-state index contributed by atoms with van der Waals surface area (Å²) in [5.41, 5.74) is 3.04. The van der Waals surface area contributed by atoms with E-state index in [1.165, 1.54) is 6.33 Å². The first-order valence-corrected chi connectivity index (χ1v) is 12.2. The number of rotatable bonds is 8. The highest BCUT2D eigenvalue weighted by atomic mass is 32.1. The second-order valence-electron chi connectivity index (χ2n) is 8.30. The minimum Gasteiger partial charge on any atom is -0.383 e. The molecule has 0 saturated carbocycles. The Labute approximate surface area is 207 Å². The van der Waals surface area contributed by atoms with E-state index in [1.54, 1.807) is 40.4 Å². The summed E-state index contributed by atoms with van der Waals surface area (Å²) in [7, 11) is 1.61. The minimum absolute atomic E-state index is 0.0856. The first-order chi connectivity index (χ1) is 17.2. The van der Waals surface area contributed by atoms with Gasteiger partial charge in [-0.1, -0.05) is 36.4 Å². The summed E-state index contributed by atoms with van der Waals surface area (Å²) in [5.74, 6) is -0.804. The van der Waals surface area contributed by atoms with Crippen LogP contribution in [0.5, 0.6) is 0 Å². The zero-order valence-corrected chi connectivity index (χ0v) is 20.0. The number of carbonyl (C=O) groups excluding carboxylic acids is 2. The van der Waals surface area contributed by atoms with Crippen molar-refractivity contribution in [3.63, 3.8) is 0 Å². The van der Waals surface area contributed by atoms with Gasteiger partial charge in [0, 0.05) is 29.8 Å². The second-order valence-corrected chi connectivity index (χ2v) is 9.28. The molecule has 0 bridgehead atoms. The van der Waals surface area contributed by atoms with Gasteiger partial charge in [0.2, 0.25) is 5.91 Å². The van der Waals surface area contributed by atoms with Crippen LogP contribution >= 0.6 is 11.3 Å². The van der Waals surface area contributed by atoms with E-state index in [1.807, 2.05) is 60.0 Å². The van der Waals surface area contributed by atoms with Crippen molar-refractivity contribution < 1.29 is 14.3 Å². The van der Waals surface area contributed by atoms with Crippen LogP contribution in [0.2, 0.25) is 0 Å². The molecule has 2 amide bonds. The average molecular weight is 488 g/mol. The molecule has 1 aliphatic rings. The summed E-state index contributed by atoms with van der Waals surface area (Å²) in [6.45, 7) is 1.38. The fraction of sp³-hybridized carbons (Fsp3) is 0.231. The largest absolute Gasteiger partial charge is 0.383 e. The van der Waals surface area contributed by atoms with Crippen molar-refractivity contribution in [3.05, 3.63) is 100 Å². The Morgan fingerprint density at radius 1 is 1.11 bits per heavy atom. The maximum absolute atomic E-state index is 13.8. The predicted octanol–water partition coefficient (Wildman–Crippen LogP) is 3.95. The third-order valence-corrected chi connectivity index (χ3v) is 7.07. The summed E-state index contributed by atoms with van der Waals surface area (Å²) in [5, 5.41) is 9.18. The van der Waals surface area contributed by atoms with E-state index in [2.05, 4.69) is 15.4 Å². The molecule has 2 unspecified atom stereocenters. The molecule has 0 saturated heterocycles. The minimum atomic E-state index is -0.561. The number of nitrogens with zero attached hydrogens (tertiary/aromatic N) is 4. The number of fused-ring (bicyclic) bond motifs is 1. The van der Waals surface area contributed by atoms with E-state index < -0.39 is 12.0 Å². The maximum atomic E-state index is 13.8. The Morgan fingerprint density at radius 3 is 2.66 bits per heavy atom. The number of hydrogen-bond acceptors (Lipinski definition) is 6. The van der Waals surface area contributed by atoms with Gasteiger partial charge < -0.3 is 15.0 Å². The Morgan fingerprint density at radius 2 is 1.94 bits per heavy atom. The van der Waals surface area contributed by atoms with E-state index in [4.69, 9.17) is 4.74 Å². The first kappa shape index (κ1) is 22.9. The summed E-state index contributed by atoms with van der Waals surface area (Å²) in [6.07, 6.45) is 3.17. The van der Waals surface area contributed by atoms with Crippen LogP contribution in [0.15, 0.2) is 78.7 Å². The summed E-state index contributed by atoms with van der Waals surface area (Å²) < 4.78 is 7.03. The molecular weight excluding hydrogens is 462 g/mol. The van der Waals surface area contributed by atoms with Gasteiger partial charge in [-0.25, -0.2) is 9.67 Å². The molecule has 4 aromatic rings. The third kappa shape index (κ3) is 4.73. The number of methoxy groups -OCH3 is 1. The van der Waals surface area contributed by atoms with Crippen molar-refractivity contribution in [1.82, 2.24) is 19.7 Å². The highest BCUT2D eigenvalue weighted by Crippen LogP contribution is 2.44. The lowest BCUT2D eigenvalue weighted by atomic mass is 9.81. The Balaban J connectivity index is 1.46. The van der Waals surface area contributed by atoms with Gasteiger partial charge in [0.15, 0.2) is 0 Å². The molecule has 0 radical (unpaired) electrons. The monoisotopic (exact) mass is 487 g/mol. The quantitative estimate of drug-likeness (QED) is 0.407. The lowest BCUT2D eigenvalue weighted by molar-refractivity contribution is -0.119. The van der Waals surface area contributed by atoms with Gasteiger partial charge in [0.1, 0.15) is 12.7 Å². The van der Waals surface area contributed by atoms with Crippen molar-refractivity contribution >= 4 is 28.8 Å². The molecule has 3 heterocycles. The van der Waals surface area contributed by atoms with Gasteiger partial charge in [0.25, 0.3) is 5.91 Å². The van der Waals surface area contributed by atoms with Gasteiger partial charge in [-0.05, 0) is 40.8 Å². The van der Waals surface area contributed by atoms with Crippen LogP contribution in [0, 0.1) is 0 Å². The lowest BCUT2D eigenvalue weighted by Crippen LogP contribution is -2.47. The normalized spacial score (nSPS) is 17.3. The van der Waals surface area contributed by atoms with Gasteiger partial charge in [-0.2, -0.15) is 5.10 Å². The molecular formula is C26H25N5O3S. The van der Waals surface area contributed by atoms with Gasteiger partial charge in [-0.3, -0.25) is 9.59 Å². The Hall–Kier alpha value is -3.82. The number of anilines is 1. The van der Waals surface area contributed by atoms with E-state index in [-0.39, 0.29) is 11.8 Å². The van der Waals surface area contributed by atoms with Crippen LogP contribution in [0.1, 0.15) is 38.3 Å². The fourth-order valence-corrected chi connectivity index (χ4v) is 5.38. The molecule has 178 valence electrons. The molecule has 5 rings (SSSR count). The number of hydrogen-bond donors (Lipinski definition) is 1. The van der Waals surface area contributed by atoms with Crippen LogP contribution in [0.25, 0.3) is 0 Å². The molecule has 2 aromatic heterocycles.